The molecule has 0 saturated heterocycles. The van der Waals surface area contributed by atoms with Crippen LogP contribution in [0.15, 0.2) is 28.7 Å². The molecule has 0 aliphatic carbocycles. The van der Waals surface area contributed by atoms with Crippen molar-refractivity contribution in [3.8, 4) is 5.75 Å². The number of nitrogens with one attached hydrogen (secondary N) is 1. The van der Waals surface area contributed by atoms with E-state index in [9.17, 15) is 0 Å². The summed E-state index contributed by atoms with van der Waals surface area (Å²) < 4.78 is 6.73. The van der Waals surface area contributed by atoms with Crippen molar-refractivity contribution < 1.29 is 4.74 Å². The zero-order valence-electron chi connectivity index (χ0n) is 10.6. The van der Waals surface area contributed by atoms with Crippen LogP contribution in [-0.4, -0.2) is 45.2 Å². The number of rotatable bonds is 8. The third-order valence-corrected chi connectivity index (χ3v) is 3.00. The van der Waals surface area contributed by atoms with E-state index in [0.29, 0.717) is 0 Å². The van der Waals surface area contributed by atoms with Gasteiger partial charge in [-0.1, -0.05) is 22.0 Å². The van der Waals surface area contributed by atoms with Gasteiger partial charge in [-0.3, -0.25) is 0 Å². The summed E-state index contributed by atoms with van der Waals surface area (Å²) in [5, 5.41) is 3.15. The van der Waals surface area contributed by atoms with Gasteiger partial charge in [0.1, 0.15) is 12.4 Å². The Morgan fingerprint density at radius 2 is 2.18 bits per heavy atom. The molecule has 1 aromatic rings. The van der Waals surface area contributed by atoms with E-state index in [2.05, 4.69) is 33.2 Å². The second-order valence-electron chi connectivity index (χ2n) is 4.07. The minimum absolute atomic E-state index is 0.729. The molecule has 0 saturated carbocycles. The summed E-state index contributed by atoms with van der Waals surface area (Å²) in [7, 11) is 4.11. The van der Waals surface area contributed by atoms with Gasteiger partial charge in [-0.15, -0.1) is 0 Å². The van der Waals surface area contributed by atoms with Crippen molar-refractivity contribution in [2.24, 2.45) is 0 Å². The second kappa shape index (κ2) is 8.50. The second-order valence-corrected chi connectivity index (χ2v) is 4.98. The van der Waals surface area contributed by atoms with Gasteiger partial charge in [0.2, 0.25) is 0 Å². The standard InChI is InChI=1S/C13H21BrN2O/c1-15-7-4-8-16(2)9-10-17-13-6-3-5-12(14)11-13/h3,5-6,11,15H,4,7-10H2,1-2H3. The summed E-state index contributed by atoms with van der Waals surface area (Å²) >= 11 is 3.43. The zero-order valence-corrected chi connectivity index (χ0v) is 12.2. The third kappa shape index (κ3) is 6.66. The van der Waals surface area contributed by atoms with Crippen LogP contribution in [0.2, 0.25) is 0 Å². The van der Waals surface area contributed by atoms with Crippen molar-refractivity contribution in [1.82, 2.24) is 10.2 Å². The largest absolute Gasteiger partial charge is 0.492 e. The quantitative estimate of drug-likeness (QED) is 0.746. The summed E-state index contributed by atoms with van der Waals surface area (Å²) in [4.78, 5) is 2.29. The molecular weight excluding hydrogens is 280 g/mol. The molecule has 0 aromatic heterocycles. The molecule has 3 nitrogen and oxygen atoms in total. The van der Waals surface area contributed by atoms with Crippen LogP contribution in [0.5, 0.6) is 5.75 Å². The van der Waals surface area contributed by atoms with Gasteiger partial charge in [0.25, 0.3) is 0 Å². The highest BCUT2D eigenvalue weighted by atomic mass is 79.9. The molecule has 4 heteroatoms. The van der Waals surface area contributed by atoms with Gasteiger partial charge in [-0.25, -0.2) is 0 Å². The van der Waals surface area contributed by atoms with Crippen LogP contribution in [0, 0.1) is 0 Å². The van der Waals surface area contributed by atoms with Crippen LogP contribution >= 0.6 is 15.9 Å². The first-order valence-electron chi connectivity index (χ1n) is 5.94. The van der Waals surface area contributed by atoms with Gasteiger partial charge in [0.15, 0.2) is 0 Å². The van der Waals surface area contributed by atoms with Crippen molar-refractivity contribution in [1.29, 1.82) is 0 Å². The molecule has 1 aromatic carbocycles. The van der Waals surface area contributed by atoms with Crippen molar-refractivity contribution >= 4 is 15.9 Å². The van der Waals surface area contributed by atoms with E-state index in [-0.39, 0.29) is 0 Å². The van der Waals surface area contributed by atoms with E-state index in [0.717, 1.165) is 36.5 Å². The summed E-state index contributed by atoms with van der Waals surface area (Å²) in [6.07, 6.45) is 1.17. The molecule has 0 heterocycles. The fourth-order valence-electron chi connectivity index (χ4n) is 1.51. The maximum Gasteiger partial charge on any atom is 0.120 e. The highest BCUT2D eigenvalue weighted by Crippen LogP contribution is 2.17. The molecule has 1 rings (SSSR count). The molecule has 0 bridgehead atoms. The van der Waals surface area contributed by atoms with E-state index in [1.165, 1.54) is 6.42 Å². The number of likely N-dealkylation sites (N-methyl/N-ethyl adjacent to an activating group) is 1. The monoisotopic (exact) mass is 300 g/mol. The highest BCUT2D eigenvalue weighted by molar-refractivity contribution is 9.10. The maximum absolute atomic E-state index is 5.68. The minimum atomic E-state index is 0.729. The Labute approximate surface area is 112 Å². The topological polar surface area (TPSA) is 24.5 Å². The molecule has 0 radical (unpaired) electrons. The molecule has 0 spiro atoms. The van der Waals surface area contributed by atoms with Crippen molar-refractivity contribution in [3.63, 3.8) is 0 Å². The number of benzene rings is 1. The lowest BCUT2D eigenvalue weighted by Crippen LogP contribution is -2.27. The molecule has 0 aliphatic heterocycles. The van der Waals surface area contributed by atoms with E-state index < -0.39 is 0 Å². The van der Waals surface area contributed by atoms with E-state index in [1.807, 2.05) is 31.3 Å². The normalized spacial score (nSPS) is 10.8. The SMILES string of the molecule is CNCCCN(C)CCOc1cccc(Br)c1. The molecular formula is C13H21BrN2O. The molecule has 0 amide bonds. The molecule has 17 heavy (non-hydrogen) atoms. The van der Waals surface area contributed by atoms with Gasteiger partial charge in [-0.05, 0) is 51.8 Å². The summed E-state index contributed by atoms with van der Waals surface area (Å²) in [6.45, 7) is 3.85. The first-order chi connectivity index (χ1) is 8.22. The van der Waals surface area contributed by atoms with E-state index in [4.69, 9.17) is 4.74 Å². The summed E-state index contributed by atoms with van der Waals surface area (Å²) in [5.41, 5.74) is 0. The number of nitrogens with zero attached hydrogens (tertiary/aromatic N) is 1. The van der Waals surface area contributed by atoms with Crippen molar-refractivity contribution in [3.05, 3.63) is 28.7 Å². The van der Waals surface area contributed by atoms with E-state index in [1.54, 1.807) is 0 Å². The molecule has 0 fully saturated rings. The Morgan fingerprint density at radius 1 is 1.35 bits per heavy atom. The van der Waals surface area contributed by atoms with Crippen LogP contribution in [0.1, 0.15) is 6.42 Å². The van der Waals surface area contributed by atoms with Crippen LogP contribution in [-0.2, 0) is 0 Å². The lowest BCUT2D eigenvalue weighted by molar-refractivity contribution is 0.236. The fraction of sp³-hybridized carbons (Fsp3) is 0.538. The summed E-state index contributed by atoms with van der Waals surface area (Å²) in [6, 6.07) is 7.94. The predicted octanol–water partition coefficient (Wildman–Crippen LogP) is 2.37. The Hall–Kier alpha value is -0.580. The van der Waals surface area contributed by atoms with Gasteiger partial charge in [0, 0.05) is 11.0 Å². The maximum atomic E-state index is 5.68. The van der Waals surface area contributed by atoms with Crippen molar-refractivity contribution in [2.75, 3.05) is 40.3 Å². The van der Waals surface area contributed by atoms with Gasteiger partial charge >= 0.3 is 0 Å². The third-order valence-electron chi connectivity index (χ3n) is 2.50. The molecule has 96 valence electrons. The Morgan fingerprint density at radius 3 is 2.88 bits per heavy atom. The predicted molar refractivity (Wildman–Crippen MR) is 75.7 cm³/mol. The average molecular weight is 301 g/mol. The number of halogens is 1. The van der Waals surface area contributed by atoms with Crippen LogP contribution in [0.3, 0.4) is 0 Å². The average Bonchev–Trinajstić information content (AvgIpc) is 2.29. The minimum Gasteiger partial charge on any atom is -0.492 e. The molecule has 0 unspecified atom stereocenters. The Balaban J connectivity index is 2.14. The Bertz CT molecular complexity index is 320. The number of hydrogen-bond donors (Lipinski definition) is 1. The summed E-state index contributed by atoms with van der Waals surface area (Å²) in [5.74, 6) is 0.919. The van der Waals surface area contributed by atoms with E-state index >= 15 is 0 Å². The van der Waals surface area contributed by atoms with Gasteiger partial charge in [-0.2, -0.15) is 0 Å². The highest BCUT2D eigenvalue weighted by Gasteiger charge is 1.99. The lowest BCUT2D eigenvalue weighted by Gasteiger charge is -2.16. The zero-order chi connectivity index (χ0) is 12.5. The first kappa shape index (κ1) is 14.5. The molecule has 0 atom stereocenters. The molecule has 0 aliphatic rings. The van der Waals surface area contributed by atoms with Crippen LogP contribution in [0.4, 0.5) is 0 Å². The molecule has 1 N–H and O–H groups in total. The van der Waals surface area contributed by atoms with Crippen LogP contribution in [0.25, 0.3) is 0 Å². The van der Waals surface area contributed by atoms with Gasteiger partial charge in [0.05, 0.1) is 0 Å². The lowest BCUT2D eigenvalue weighted by atomic mass is 10.3. The fourth-order valence-corrected chi connectivity index (χ4v) is 1.89. The smallest absolute Gasteiger partial charge is 0.120 e. The van der Waals surface area contributed by atoms with Gasteiger partial charge < -0.3 is 15.0 Å². The van der Waals surface area contributed by atoms with Crippen LogP contribution < -0.4 is 10.1 Å². The first-order valence-corrected chi connectivity index (χ1v) is 6.73. The number of hydrogen-bond acceptors (Lipinski definition) is 3. The van der Waals surface area contributed by atoms with Crippen molar-refractivity contribution in [2.45, 2.75) is 6.42 Å². The Kier molecular flexibility index (Phi) is 7.24. The number of ether oxygens (including phenoxy) is 1.